The third kappa shape index (κ3) is 3.62. The summed E-state index contributed by atoms with van der Waals surface area (Å²) in [7, 11) is 0. The van der Waals surface area contributed by atoms with E-state index in [2.05, 4.69) is 13.2 Å². The number of anilines is 1. The van der Waals surface area contributed by atoms with E-state index < -0.39 is 5.82 Å². The van der Waals surface area contributed by atoms with Crippen LogP contribution in [0, 0.1) is 17.1 Å². The smallest absolute Gasteiger partial charge is 0.146 e. The summed E-state index contributed by atoms with van der Waals surface area (Å²) in [6.45, 7) is 7.22. The molecule has 0 aliphatic rings. The van der Waals surface area contributed by atoms with Gasteiger partial charge in [-0.3, -0.25) is 0 Å². The first-order chi connectivity index (χ1) is 8.06. The Morgan fingerprint density at radius 1 is 1.53 bits per heavy atom. The number of hydrogen-bond donors (Lipinski definition) is 1. The lowest BCUT2D eigenvalue weighted by Crippen LogP contribution is -1.94. The molecule has 0 saturated carbocycles. The van der Waals surface area contributed by atoms with Crippen molar-refractivity contribution in [3.63, 3.8) is 0 Å². The molecule has 17 heavy (non-hydrogen) atoms. The lowest BCUT2D eigenvalue weighted by molar-refractivity contribution is 0.632. The molecular weight excluding hydrogens is 215 g/mol. The Balaban J connectivity index is 2.92. The van der Waals surface area contributed by atoms with Crippen molar-refractivity contribution in [2.75, 3.05) is 5.73 Å². The molecule has 0 aromatic heterocycles. The number of nitrogens with zero attached hydrogens (tertiary/aromatic N) is 1. The van der Waals surface area contributed by atoms with Crippen molar-refractivity contribution in [2.24, 2.45) is 0 Å². The van der Waals surface area contributed by atoms with Crippen molar-refractivity contribution in [1.29, 1.82) is 5.26 Å². The van der Waals surface area contributed by atoms with Crippen LogP contribution in [0.15, 0.2) is 54.7 Å². The monoisotopic (exact) mass is 228 g/mol. The molecule has 0 saturated heterocycles. The molecule has 2 nitrogen and oxygen atoms in total. The van der Waals surface area contributed by atoms with E-state index in [0.717, 1.165) is 11.1 Å². The summed E-state index contributed by atoms with van der Waals surface area (Å²) in [5, 5.41) is 8.63. The Morgan fingerprint density at radius 2 is 2.24 bits per heavy atom. The van der Waals surface area contributed by atoms with Crippen LogP contribution in [0.4, 0.5) is 10.1 Å². The number of nitrogen functional groups attached to an aromatic ring is 1. The van der Waals surface area contributed by atoms with Crippen LogP contribution in [-0.4, -0.2) is 0 Å². The van der Waals surface area contributed by atoms with Crippen LogP contribution in [0.3, 0.4) is 0 Å². The fraction of sp³-hybridized carbons (Fsp3) is 0.0714. The maximum absolute atomic E-state index is 13.0. The molecular formula is C14H13FN2. The average molecular weight is 228 g/mol. The van der Waals surface area contributed by atoms with Crippen LogP contribution in [0.5, 0.6) is 0 Å². The molecule has 0 bridgehead atoms. The molecule has 0 fully saturated rings. The molecule has 1 rings (SSSR count). The van der Waals surface area contributed by atoms with Gasteiger partial charge in [-0.05, 0) is 35.8 Å². The zero-order valence-corrected chi connectivity index (χ0v) is 9.41. The van der Waals surface area contributed by atoms with Crippen molar-refractivity contribution < 1.29 is 4.39 Å². The summed E-state index contributed by atoms with van der Waals surface area (Å²) in [6, 6.07) is 6.48. The molecule has 0 amide bonds. The minimum absolute atomic E-state index is 0.116. The maximum atomic E-state index is 13.0. The molecule has 0 aliphatic carbocycles. The summed E-state index contributed by atoms with van der Waals surface area (Å²) in [4.78, 5) is 0. The highest BCUT2D eigenvalue weighted by Gasteiger charge is 2.01. The highest BCUT2D eigenvalue weighted by atomic mass is 19.1. The second kappa shape index (κ2) is 5.66. The normalized spacial score (nSPS) is 10.7. The molecule has 86 valence electrons. The summed E-state index contributed by atoms with van der Waals surface area (Å²) < 4.78 is 13.0. The average Bonchev–Trinajstić information content (AvgIpc) is 2.32. The third-order valence-corrected chi connectivity index (χ3v) is 2.23. The molecule has 3 heteroatoms. The number of halogens is 1. The summed E-state index contributed by atoms with van der Waals surface area (Å²) in [5.74, 6) is -0.431. The standard InChI is InChI=1S/C14H13FN2/c1-3-11(6-10(2)9-16)7-12-4-5-13(15)14(17)8-12/h3-6,8H,1-2,7,17H2/b11-6+. The summed E-state index contributed by atoms with van der Waals surface area (Å²) in [6.07, 6.45) is 3.82. The van der Waals surface area contributed by atoms with E-state index in [1.807, 2.05) is 6.07 Å². The van der Waals surface area contributed by atoms with Crippen molar-refractivity contribution in [1.82, 2.24) is 0 Å². The van der Waals surface area contributed by atoms with Crippen LogP contribution in [0.1, 0.15) is 5.56 Å². The van der Waals surface area contributed by atoms with E-state index in [-0.39, 0.29) is 5.69 Å². The second-order valence-electron chi connectivity index (χ2n) is 3.59. The fourth-order valence-corrected chi connectivity index (χ4v) is 1.38. The third-order valence-electron chi connectivity index (χ3n) is 2.23. The largest absolute Gasteiger partial charge is 0.396 e. The minimum atomic E-state index is -0.431. The van der Waals surface area contributed by atoms with Crippen LogP contribution < -0.4 is 5.73 Å². The number of nitrogens with two attached hydrogens (primary N) is 1. The van der Waals surface area contributed by atoms with Gasteiger partial charge in [0.25, 0.3) is 0 Å². The Kier molecular flexibility index (Phi) is 4.24. The van der Waals surface area contributed by atoms with Gasteiger partial charge >= 0.3 is 0 Å². The Morgan fingerprint density at radius 3 is 2.76 bits per heavy atom. The zero-order valence-electron chi connectivity index (χ0n) is 9.41. The predicted molar refractivity (Wildman–Crippen MR) is 67.5 cm³/mol. The minimum Gasteiger partial charge on any atom is -0.396 e. The van der Waals surface area contributed by atoms with Gasteiger partial charge in [0.15, 0.2) is 0 Å². The van der Waals surface area contributed by atoms with Crippen molar-refractivity contribution in [3.8, 4) is 6.07 Å². The number of hydrogen-bond acceptors (Lipinski definition) is 2. The zero-order chi connectivity index (χ0) is 12.8. The second-order valence-corrected chi connectivity index (χ2v) is 3.59. The molecule has 2 N–H and O–H groups in total. The highest BCUT2D eigenvalue weighted by molar-refractivity contribution is 5.45. The van der Waals surface area contributed by atoms with Crippen LogP contribution >= 0.6 is 0 Å². The molecule has 1 aromatic rings. The number of allylic oxidation sites excluding steroid dienone is 4. The van der Waals surface area contributed by atoms with Crippen molar-refractivity contribution in [3.05, 3.63) is 66.0 Å². The predicted octanol–water partition coefficient (Wildman–Crippen LogP) is 3.14. The Hall–Kier alpha value is -2.34. The molecule has 0 heterocycles. The molecule has 0 radical (unpaired) electrons. The summed E-state index contributed by atoms with van der Waals surface area (Å²) in [5.41, 5.74) is 7.64. The van der Waals surface area contributed by atoms with Gasteiger partial charge < -0.3 is 5.73 Å². The molecule has 0 aliphatic heterocycles. The van der Waals surface area contributed by atoms with Crippen LogP contribution in [-0.2, 0) is 6.42 Å². The van der Waals surface area contributed by atoms with E-state index in [0.29, 0.717) is 12.0 Å². The Bertz CT molecular complexity index is 522. The first-order valence-electron chi connectivity index (χ1n) is 5.02. The number of benzene rings is 1. The molecule has 1 aromatic carbocycles. The van der Waals surface area contributed by atoms with E-state index in [1.165, 1.54) is 6.07 Å². The lowest BCUT2D eigenvalue weighted by Gasteiger charge is -2.04. The van der Waals surface area contributed by atoms with Crippen molar-refractivity contribution >= 4 is 5.69 Å². The van der Waals surface area contributed by atoms with Crippen LogP contribution in [0.2, 0.25) is 0 Å². The molecule has 0 atom stereocenters. The Labute approximate surface area is 100 Å². The first kappa shape index (κ1) is 12.7. The van der Waals surface area contributed by atoms with Gasteiger partial charge in [-0.1, -0.05) is 25.3 Å². The van der Waals surface area contributed by atoms with Crippen molar-refractivity contribution in [2.45, 2.75) is 6.42 Å². The van der Waals surface area contributed by atoms with Gasteiger partial charge in [0.1, 0.15) is 5.82 Å². The van der Waals surface area contributed by atoms with Gasteiger partial charge in [0, 0.05) is 5.57 Å². The van der Waals surface area contributed by atoms with E-state index in [4.69, 9.17) is 11.0 Å². The summed E-state index contributed by atoms with van der Waals surface area (Å²) >= 11 is 0. The van der Waals surface area contributed by atoms with Crippen LogP contribution in [0.25, 0.3) is 0 Å². The number of nitriles is 1. The van der Waals surface area contributed by atoms with E-state index in [1.54, 1.807) is 24.3 Å². The lowest BCUT2D eigenvalue weighted by atomic mass is 10.0. The maximum Gasteiger partial charge on any atom is 0.146 e. The fourth-order valence-electron chi connectivity index (χ4n) is 1.38. The topological polar surface area (TPSA) is 49.8 Å². The molecule has 0 unspecified atom stereocenters. The highest BCUT2D eigenvalue weighted by Crippen LogP contribution is 2.16. The quantitative estimate of drug-likeness (QED) is 0.489. The molecule has 0 spiro atoms. The first-order valence-corrected chi connectivity index (χ1v) is 5.02. The SMILES string of the molecule is C=C/C(=C\C(=C)C#N)Cc1ccc(F)c(N)c1. The van der Waals surface area contributed by atoms with Gasteiger partial charge in [-0.15, -0.1) is 0 Å². The van der Waals surface area contributed by atoms with Gasteiger partial charge in [0.2, 0.25) is 0 Å². The van der Waals surface area contributed by atoms with Gasteiger partial charge in [0.05, 0.1) is 11.8 Å². The van der Waals surface area contributed by atoms with E-state index >= 15 is 0 Å². The van der Waals surface area contributed by atoms with Gasteiger partial charge in [-0.2, -0.15) is 5.26 Å². The van der Waals surface area contributed by atoms with E-state index in [9.17, 15) is 4.39 Å². The van der Waals surface area contributed by atoms with Gasteiger partial charge in [-0.25, -0.2) is 4.39 Å². The number of rotatable bonds is 4.